The van der Waals surface area contributed by atoms with E-state index in [0.717, 1.165) is 12.2 Å². The highest BCUT2D eigenvalue weighted by molar-refractivity contribution is 5.85. The van der Waals surface area contributed by atoms with Gasteiger partial charge in [-0.1, -0.05) is 12.1 Å². The molecule has 3 rings (SSSR count). The predicted molar refractivity (Wildman–Crippen MR) is 67.8 cm³/mol. The van der Waals surface area contributed by atoms with Crippen molar-refractivity contribution in [2.24, 2.45) is 0 Å². The SMILES string of the molecule is Cl.c1ccc2c(c1)ncn2CN1CCCC1. The third kappa shape index (κ3) is 2.06. The highest BCUT2D eigenvalue weighted by Gasteiger charge is 2.12. The summed E-state index contributed by atoms with van der Waals surface area (Å²) in [7, 11) is 0. The summed E-state index contributed by atoms with van der Waals surface area (Å²) in [6.07, 6.45) is 4.63. The van der Waals surface area contributed by atoms with E-state index in [2.05, 4.69) is 32.7 Å². The number of hydrogen-bond acceptors (Lipinski definition) is 2. The van der Waals surface area contributed by atoms with Crippen LogP contribution in [0.4, 0.5) is 0 Å². The lowest BCUT2D eigenvalue weighted by molar-refractivity contribution is 0.274. The van der Waals surface area contributed by atoms with Crippen LogP contribution in [0.1, 0.15) is 12.8 Å². The Kier molecular flexibility index (Phi) is 3.46. The Labute approximate surface area is 101 Å². The number of aromatic nitrogens is 2. The fraction of sp³-hybridized carbons (Fsp3) is 0.417. The normalized spacial score (nSPS) is 16.5. The second kappa shape index (κ2) is 4.85. The summed E-state index contributed by atoms with van der Waals surface area (Å²) < 4.78 is 2.24. The molecule has 3 nitrogen and oxygen atoms in total. The van der Waals surface area contributed by atoms with Crippen LogP contribution in [0.3, 0.4) is 0 Å². The minimum Gasteiger partial charge on any atom is -0.317 e. The van der Waals surface area contributed by atoms with Gasteiger partial charge in [0.1, 0.15) is 0 Å². The molecule has 1 saturated heterocycles. The van der Waals surface area contributed by atoms with Crippen molar-refractivity contribution in [3.05, 3.63) is 30.6 Å². The zero-order valence-corrected chi connectivity index (χ0v) is 9.99. The van der Waals surface area contributed by atoms with E-state index in [0.29, 0.717) is 0 Å². The average Bonchev–Trinajstić information content (AvgIpc) is 2.89. The van der Waals surface area contributed by atoms with Crippen LogP contribution in [0.5, 0.6) is 0 Å². The Morgan fingerprint density at radius 1 is 1.12 bits per heavy atom. The van der Waals surface area contributed by atoms with E-state index in [1.165, 1.54) is 31.4 Å². The number of halogens is 1. The quantitative estimate of drug-likeness (QED) is 0.800. The Morgan fingerprint density at radius 2 is 1.88 bits per heavy atom. The number of imidazole rings is 1. The van der Waals surface area contributed by atoms with Crippen molar-refractivity contribution in [2.75, 3.05) is 13.1 Å². The lowest BCUT2D eigenvalue weighted by atomic mass is 10.3. The molecule has 0 atom stereocenters. The standard InChI is InChI=1S/C12H15N3.ClH/c1-2-6-12-11(5-1)13-9-15(12)10-14-7-3-4-8-14;/h1-2,5-6,9H,3-4,7-8,10H2;1H. The third-order valence-electron chi connectivity index (χ3n) is 3.08. The summed E-state index contributed by atoms with van der Waals surface area (Å²) in [6.45, 7) is 3.44. The topological polar surface area (TPSA) is 21.1 Å². The zero-order chi connectivity index (χ0) is 10.1. The fourth-order valence-corrected chi connectivity index (χ4v) is 2.26. The molecular formula is C12H16ClN3. The van der Waals surface area contributed by atoms with Gasteiger partial charge < -0.3 is 4.57 Å². The van der Waals surface area contributed by atoms with Crippen LogP contribution in [0, 0.1) is 0 Å². The van der Waals surface area contributed by atoms with Gasteiger partial charge in [-0.2, -0.15) is 0 Å². The van der Waals surface area contributed by atoms with Crippen LogP contribution in [0.15, 0.2) is 30.6 Å². The van der Waals surface area contributed by atoms with Gasteiger partial charge in [0, 0.05) is 0 Å². The lowest BCUT2D eigenvalue weighted by Gasteiger charge is -2.15. The van der Waals surface area contributed by atoms with Crippen molar-refractivity contribution in [1.29, 1.82) is 0 Å². The third-order valence-corrected chi connectivity index (χ3v) is 3.08. The molecule has 1 aromatic heterocycles. The summed E-state index contributed by atoms with van der Waals surface area (Å²) in [5, 5.41) is 0. The highest BCUT2D eigenvalue weighted by Crippen LogP contribution is 2.14. The van der Waals surface area contributed by atoms with Gasteiger partial charge in [0.15, 0.2) is 0 Å². The molecule has 86 valence electrons. The van der Waals surface area contributed by atoms with E-state index in [9.17, 15) is 0 Å². The van der Waals surface area contributed by atoms with E-state index in [-0.39, 0.29) is 12.4 Å². The molecule has 0 N–H and O–H groups in total. The number of nitrogens with zero attached hydrogens (tertiary/aromatic N) is 3. The van der Waals surface area contributed by atoms with E-state index < -0.39 is 0 Å². The monoisotopic (exact) mass is 237 g/mol. The van der Waals surface area contributed by atoms with Crippen LogP contribution < -0.4 is 0 Å². The number of fused-ring (bicyclic) bond motifs is 1. The molecule has 4 heteroatoms. The van der Waals surface area contributed by atoms with Gasteiger partial charge in [-0.25, -0.2) is 4.98 Å². The van der Waals surface area contributed by atoms with Crippen molar-refractivity contribution < 1.29 is 0 Å². The molecule has 0 spiro atoms. The van der Waals surface area contributed by atoms with Crippen LogP contribution in [-0.4, -0.2) is 27.5 Å². The molecule has 1 aliphatic rings. The summed E-state index contributed by atoms with van der Waals surface area (Å²) in [5.41, 5.74) is 2.33. The maximum Gasteiger partial charge on any atom is 0.0969 e. The first kappa shape index (κ1) is 11.4. The maximum atomic E-state index is 4.40. The van der Waals surface area contributed by atoms with Gasteiger partial charge in [-0.3, -0.25) is 4.90 Å². The number of para-hydroxylation sites is 2. The van der Waals surface area contributed by atoms with Crippen LogP contribution in [0.25, 0.3) is 11.0 Å². The van der Waals surface area contributed by atoms with Gasteiger partial charge in [-0.05, 0) is 38.1 Å². The smallest absolute Gasteiger partial charge is 0.0969 e. The summed E-state index contributed by atoms with van der Waals surface area (Å²) in [5.74, 6) is 0. The first-order valence-corrected chi connectivity index (χ1v) is 5.56. The number of benzene rings is 1. The van der Waals surface area contributed by atoms with E-state index >= 15 is 0 Å². The molecule has 2 heterocycles. The van der Waals surface area contributed by atoms with Gasteiger partial charge in [0.2, 0.25) is 0 Å². The molecule has 2 aromatic rings. The first-order valence-electron chi connectivity index (χ1n) is 5.56. The molecule has 0 unspecified atom stereocenters. The molecule has 0 saturated carbocycles. The summed E-state index contributed by atoms with van der Waals surface area (Å²) in [6, 6.07) is 8.31. The second-order valence-corrected chi connectivity index (χ2v) is 4.17. The summed E-state index contributed by atoms with van der Waals surface area (Å²) >= 11 is 0. The van der Waals surface area contributed by atoms with Gasteiger partial charge >= 0.3 is 0 Å². The van der Waals surface area contributed by atoms with Gasteiger partial charge in [0.05, 0.1) is 24.0 Å². The largest absolute Gasteiger partial charge is 0.317 e. The zero-order valence-electron chi connectivity index (χ0n) is 9.17. The first-order chi connectivity index (χ1) is 7.43. The average molecular weight is 238 g/mol. The summed E-state index contributed by atoms with van der Waals surface area (Å²) in [4.78, 5) is 6.88. The lowest BCUT2D eigenvalue weighted by Crippen LogP contribution is -2.22. The molecule has 1 fully saturated rings. The molecule has 0 radical (unpaired) electrons. The van der Waals surface area contributed by atoms with Crippen molar-refractivity contribution in [1.82, 2.24) is 14.5 Å². The van der Waals surface area contributed by atoms with Gasteiger partial charge in [0.25, 0.3) is 0 Å². The number of rotatable bonds is 2. The Bertz CT molecular complexity index is 460. The molecule has 0 bridgehead atoms. The Hall–Kier alpha value is -1.06. The van der Waals surface area contributed by atoms with Crippen LogP contribution in [-0.2, 0) is 6.67 Å². The number of likely N-dealkylation sites (tertiary alicyclic amines) is 1. The molecule has 0 aliphatic carbocycles. The van der Waals surface area contributed by atoms with Crippen molar-refractivity contribution in [3.63, 3.8) is 0 Å². The second-order valence-electron chi connectivity index (χ2n) is 4.17. The minimum atomic E-state index is 0. The minimum absolute atomic E-state index is 0. The van der Waals surface area contributed by atoms with Crippen molar-refractivity contribution >= 4 is 23.4 Å². The fourth-order valence-electron chi connectivity index (χ4n) is 2.26. The molecule has 16 heavy (non-hydrogen) atoms. The Morgan fingerprint density at radius 3 is 2.69 bits per heavy atom. The van der Waals surface area contributed by atoms with E-state index in [4.69, 9.17) is 0 Å². The molecular weight excluding hydrogens is 222 g/mol. The highest BCUT2D eigenvalue weighted by atomic mass is 35.5. The van der Waals surface area contributed by atoms with Gasteiger partial charge in [-0.15, -0.1) is 12.4 Å². The van der Waals surface area contributed by atoms with Crippen molar-refractivity contribution in [2.45, 2.75) is 19.5 Å². The van der Waals surface area contributed by atoms with Crippen LogP contribution in [0.2, 0.25) is 0 Å². The van der Waals surface area contributed by atoms with E-state index in [1.807, 2.05) is 12.4 Å². The Balaban J connectivity index is 0.000000963. The van der Waals surface area contributed by atoms with E-state index in [1.54, 1.807) is 0 Å². The van der Waals surface area contributed by atoms with Crippen molar-refractivity contribution in [3.8, 4) is 0 Å². The molecule has 0 amide bonds. The van der Waals surface area contributed by atoms with Crippen LogP contribution >= 0.6 is 12.4 Å². The molecule has 1 aliphatic heterocycles. The predicted octanol–water partition coefficient (Wildman–Crippen LogP) is 2.51. The number of hydrogen-bond donors (Lipinski definition) is 0. The molecule has 1 aromatic carbocycles. The maximum absolute atomic E-state index is 4.40.